The zero-order chi connectivity index (χ0) is 87.4. The van der Waals surface area contributed by atoms with E-state index in [0.29, 0.717) is 108 Å². The van der Waals surface area contributed by atoms with Crippen molar-refractivity contribution in [3.05, 3.63) is 299 Å². The first-order valence-corrected chi connectivity index (χ1v) is 43.2. The van der Waals surface area contributed by atoms with Crippen molar-refractivity contribution in [2.45, 2.75) is 32.5 Å². The molecule has 0 aliphatic carbocycles. The standard InChI is InChI=1S/C27H24N4O2S.C26H24N6O2S2.C22H19N3O5.C21H18N4O2/c32-22-11-12-30(15-22)14-21-17-34-27-29-25(16-31(21)27)23-7-3-4-8-24(23)28-26(33)20-10-9-18-5-1-2-6-19(18)13-20;1-17-23(36-25(28-17)18-5-4-8-27-13-18)24(33)29-21-7-3-2-6-20(21)22-15-32-19(16-35-26(32)30-22)14-31-9-11-34-12-10-31;1-27-17-11-13(12-18(28-2)19(17)29-3)21(26)24-15-8-5-4-7-14(15)22-25-20-16(30-22)9-6-10-23-20;1-25(2)15-8-5-7-14(13-15)20(26)23-17-10-4-3-9-16(17)21-24-19-18(27-21)11-6-12-22-19/h1-10,13,16-17,22,32H,11-12,14-15H2,(H,28,33);2-8,13,15-16H,9-12,14H2,1H3,(H,29,33);4-12H,1-3H3,(H,24,26);3-13H,1-2H3,(H,23,26)/t22-;;;/m1.../s1. The third-order valence-electron chi connectivity index (χ3n) is 21.2. The summed E-state index contributed by atoms with van der Waals surface area (Å²) >= 11 is 4.61. The normalized spacial score (nSPS) is 13.3. The summed E-state index contributed by atoms with van der Waals surface area (Å²) in [4.78, 5) is 96.8. The highest BCUT2D eigenvalue weighted by Crippen LogP contribution is 2.41. The summed E-state index contributed by atoms with van der Waals surface area (Å²) in [6, 6.07) is 65.6. The Morgan fingerprint density at radius 3 is 1.54 bits per heavy atom. The van der Waals surface area contributed by atoms with E-state index in [9.17, 15) is 24.3 Å². The molecule has 0 bridgehead atoms. The number of para-hydroxylation sites is 4. The maximum absolute atomic E-state index is 13.3. The SMILES string of the molecule is CN(C)c1cccc(C(=O)Nc2ccccc2-c2nc3ncccc3o2)c1.COc1cc(C(=O)Nc2ccccc2-c2nc3ncccc3o2)cc(OC)c1OC.Cc1nc(-c2cccnc2)sc1C(=O)Nc1ccccc1-c1cn2c(CN3CCOCC3)csc2n1.O=C(Nc1ccccc1-c1cn2c(CN3CC[C@@H](O)C3)csc2n1)c1ccc2ccccc2c1. The number of ether oxygens (including phenoxy) is 4. The van der Waals surface area contributed by atoms with Crippen LogP contribution >= 0.6 is 34.0 Å². The van der Waals surface area contributed by atoms with Crippen molar-refractivity contribution in [1.82, 2.24) is 58.5 Å². The number of fused-ring (bicyclic) bond motifs is 5. The van der Waals surface area contributed by atoms with Gasteiger partial charge in [0.1, 0.15) is 9.88 Å². The van der Waals surface area contributed by atoms with Crippen LogP contribution in [0.3, 0.4) is 0 Å². The molecule has 127 heavy (non-hydrogen) atoms. The highest BCUT2D eigenvalue weighted by molar-refractivity contribution is 7.17. The number of thiazole rings is 3. The number of carbonyl (C=O) groups excluding carboxylic acids is 4. The smallest absolute Gasteiger partial charge is 0.267 e. The van der Waals surface area contributed by atoms with Crippen molar-refractivity contribution in [3.63, 3.8) is 0 Å². The van der Waals surface area contributed by atoms with Crippen molar-refractivity contribution < 1.29 is 52.1 Å². The number of aryl methyl sites for hydroxylation is 1. The zero-order valence-electron chi connectivity index (χ0n) is 69.8. The molecule has 0 saturated carbocycles. The predicted octanol–water partition coefficient (Wildman–Crippen LogP) is 18.4. The molecule has 638 valence electrons. The molecular weight excluding hydrogens is 1660 g/mol. The summed E-state index contributed by atoms with van der Waals surface area (Å²) < 4.78 is 37.3. The molecule has 2 aliphatic rings. The summed E-state index contributed by atoms with van der Waals surface area (Å²) in [6.07, 6.45) is 11.5. The van der Waals surface area contributed by atoms with E-state index in [4.69, 9.17) is 37.7 Å². The molecule has 2 aliphatic heterocycles. The number of methoxy groups -OCH3 is 3. The van der Waals surface area contributed by atoms with Gasteiger partial charge in [0.25, 0.3) is 23.6 Å². The van der Waals surface area contributed by atoms with Crippen LogP contribution in [0.1, 0.15) is 64.2 Å². The van der Waals surface area contributed by atoms with Gasteiger partial charge in [0.05, 0.1) is 91.6 Å². The van der Waals surface area contributed by atoms with Crippen molar-refractivity contribution in [2.75, 3.05) is 101 Å². The largest absolute Gasteiger partial charge is 0.493 e. The lowest BCUT2D eigenvalue weighted by Crippen LogP contribution is -2.35. The molecule has 4 amide bonds. The number of amides is 4. The Bertz CT molecular complexity index is 6920. The third-order valence-corrected chi connectivity index (χ3v) is 24.2. The minimum absolute atomic E-state index is 0.146. The fourth-order valence-corrected chi connectivity index (χ4v) is 17.4. The number of carbonyl (C=O) groups is 4. The van der Waals surface area contributed by atoms with Gasteiger partial charge in [-0.3, -0.25) is 42.8 Å². The number of hydrogen-bond donors (Lipinski definition) is 5. The van der Waals surface area contributed by atoms with Crippen LogP contribution in [0.4, 0.5) is 28.4 Å². The maximum atomic E-state index is 13.3. The van der Waals surface area contributed by atoms with Gasteiger partial charge in [-0.1, -0.05) is 97.1 Å². The van der Waals surface area contributed by atoms with E-state index in [-0.39, 0.29) is 29.7 Å². The monoisotopic (exact) mass is 1750 g/mol. The summed E-state index contributed by atoms with van der Waals surface area (Å²) in [5.41, 5.74) is 16.1. The first-order valence-electron chi connectivity index (χ1n) is 40.7. The highest BCUT2D eigenvalue weighted by atomic mass is 32.1. The fraction of sp³-hybridized carbons (Fsp3) is 0.167. The second-order valence-electron chi connectivity index (χ2n) is 29.9. The first kappa shape index (κ1) is 84.5. The van der Waals surface area contributed by atoms with E-state index in [0.717, 1.165) is 129 Å². The zero-order valence-corrected chi connectivity index (χ0v) is 72.3. The van der Waals surface area contributed by atoms with E-state index in [1.165, 1.54) is 38.4 Å². The molecule has 0 spiro atoms. The number of benzene rings is 8. The number of morpholine rings is 1. The summed E-state index contributed by atoms with van der Waals surface area (Å²) in [5.74, 6) is 1.10. The summed E-state index contributed by atoms with van der Waals surface area (Å²) in [7, 11) is 8.37. The number of rotatable bonds is 21. The van der Waals surface area contributed by atoms with Crippen LogP contribution in [0, 0.1) is 6.92 Å². The molecule has 2 saturated heterocycles. The van der Waals surface area contributed by atoms with Crippen molar-refractivity contribution >= 4 is 129 Å². The summed E-state index contributed by atoms with van der Waals surface area (Å²) in [5, 5.41) is 29.1. The molecule has 31 heteroatoms. The van der Waals surface area contributed by atoms with Gasteiger partial charge in [-0.15, -0.1) is 34.0 Å². The van der Waals surface area contributed by atoms with Gasteiger partial charge in [-0.2, -0.15) is 9.97 Å². The van der Waals surface area contributed by atoms with Gasteiger partial charge < -0.3 is 59.1 Å². The predicted molar refractivity (Wildman–Crippen MR) is 496 cm³/mol. The van der Waals surface area contributed by atoms with E-state index in [2.05, 4.69) is 86.7 Å². The number of aliphatic hydroxyl groups excluding tert-OH is 1. The molecule has 12 heterocycles. The molecule has 10 aromatic heterocycles. The van der Waals surface area contributed by atoms with Gasteiger partial charge in [-0.25, -0.2) is 24.9 Å². The molecule has 2 fully saturated rings. The van der Waals surface area contributed by atoms with Gasteiger partial charge in [0.2, 0.25) is 17.5 Å². The lowest BCUT2D eigenvalue weighted by molar-refractivity contribution is 0.0336. The van der Waals surface area contributed by atoms with E-state index in [1.807, 2.05) is 202 Å². The van der Waals surface area contributed by atoms with Gasteiger partial charge in [0.15, 0.2) is 43.9 Å². The van der Waals surface area contributed by atoms with Gasteiger partial charge in [-0.05, 0) is 139 Å². The Morgan fingerprint density at radius 1 is 0.504 bits per heavy atom. The molecular formula is C96H85N17O11S3. The van der Waals surface area contributed by atoms with E-state index < -0.39 is 0 Å². The van der Waals surface area contributed by atoms with Crippen LogP contribution in [0.2, 0.25) is 0 Å². The molecule has 20 rings (SSSR count). The number of oxazole rings is 2. The molecule has 0 unspecified atom stereocenters. The topological polar surface area (TPSA) is 321 Å². The number of nitrogens with zero attached hydrogens (tertiary/aromatic N) is 13. The molecule has 5 N–H and O–H groups in total. The van der Waals surface area contributed by atoms with E-state index >= 15 is 0 Å². The molecule has 8 aromatic carbocycles. The summed E-state index contributed by atoms with van der Waals surface area (Å²) in [6.45, 7) is 8.55. The molecule has 18 aromatic rings. The van der Waals surface area contributed by atoms with Crippen LogP contribution in [0.5, 0.6) is 17.2 Å². The van der Waals surface area contributed by atoms with E-state index in [1.54, 1.807) is 89.9 Å². The van der Waals surface area contributed by atoms with Crippen LogP contribution < -0.4 is 40.4 Å². The second-order valence-corrected chi connectivity index (χ2v) is 32.5. The number of pyridine rings is 3. The number of anilines is 5. The van der Waals surface area contributed by atoms with Crippen LogP contribution in [-0.4, -0.2) is 168 Å². The molecule has 28 nitrogen and oxygen atoms in total. The average Bonchev–Trinajstić information content (AvgIpc) is 1.66. The Balaban J connectivity index is 0.000000120. The number of imidazole rings is 2. The van der Waals surface area contributed by atoms with Crippen molar-refractivity contribution in [3.8, 4) is 73.2 Å². The Kier molecular flexibility index (Phi) is 25.7. The van der Waals surface area contributed by atoms with Crippen molar-refractivity contribution in [1.29, 1.82) is 0 Å². The Morgan fingerprint density at radius 2 is 1.02 bits per heavy atom. The average molecular weight is 1750 g/mol. The quantitative estimate of drug-likeness (QED) is 0.0446. The number of aromatic nitrogens is 10. The maximum Gasteiger partial charge on any atom is 0.267 e. The third kappa shape index (κ3) is 19.3. The van der Waals surface area contributed by atoms with Gasteiger partial charge in [0, 0.05) is 152 Å². The number of aliphatic hydroxyl groups is 1. The number of likely N-dealkylation sites (tertiary alicyclic amines) is 1. The first-order chi connectivity index (χ1) is 62.0. The number of β-amino-alcohol motifs (C(OH)–C–C–N with tert-alkyl or cyclic N) is 1. The highest BCUT2D eigenvalue weighted by Gasteiger charge is 2.27. The minimum atomic E-state index is -0.351. The molecule has 1 atom stereocenters. The van der Waals surface area contributed by atoms with Crippen LogP contribution in [-0.2, 0) is 17.8 Å². The minimum Gasteiger partial charge on any atom is -0.493 e. The molecule has 0 radical (unpaired) electrons. The fourth-order valence-electron chi connectivity index (χ4n) is 14.7. The Hall–Kier alpha value is -14.7. The van der Waals surface area contributed by atoms with Crippen LogP contribution in [0.15, 0.2) is 269 Å². The lowest BCUT2D eigenvalue weighted by Gasteiger charge is -2.26. The van der Waals surface area contributed by atoms with Crippen molar-refractivity contribution in [2.24, 2.45) is 0 Å². The number of hydrogen-bond acceptors (Lipinski definition) is 25. The van der Waals surface area contributed by atoms with Gasteiger partial charge >= 0.3 is 0 Å². The van der Waals surface area contributed by atoms with Crippen LogP contribution in [0.25, 0.3) is 99.1 Å². The second kappa shape index (κ2) is 38.6. The Labute approximate surface area is 740 Å². The number of nitrogens with one attached hydrogen (secondary N) is 4. The lowest BCUT2D eigenvalue weighted by atomic mass is 10.1.